The van der Waals surface area contributed by atoms with Crippen LogP contribution < -0.4 is 0 Å². The molecule has 1 aliphatic heterocycles. The number of hydrogen-bond acceptors (Lipinski definition) is 3. The number of nitrogens with zero attached hydrogens (tertiary/aromatic N) is 2. The second-order valence-corrected chi connectivity index (χ2v) is 10.1. The molecule has 1 aromatic carbocycles. The molecule has 27 heavy (non-hydrogen) atoms. The Labute approximate surface area is 167 Å². The van der Waals surface area contributed by atoms with Gasteiger partial charge in [-0.1, -0.05) is 30.3 Å². The summed E-state index contributed by atoms with van der Waals surface area (Å²) in [7, 11) is 1.12. The number of rotatable bonds is 8. The Kier molecular flexibility index (Phi) is 7.49. The van der Waals surface area contributed by atoms with Gasteiger partial charge in [0.1, 0.15) is 0 Å². The minimum atomic E-state index is -0.863. The van der Waals surface area contributed by atoms with Crippen LogP contribution in [-0.4, -0.2) is 63.1 Å². The molecular weight excluding hydrogens is 356 g/mol. The van der Waals surface area contributed by atoms with Crippen molar-refractivity contribution in [2.24, 2.45) is 5.92 Å². The Morgan fingerprint density at radius 2 is 1.93 bits per heavy atom. The maximum Gasteiger partial charge on any atom is 0.0910 e. The fraction of sp³-hybridized carbons (Fsp3) is 0.727. The highest BCUT2D eigenvalue weighted by atomic mass is 32.2. The SMILES string of the molecule is CN(C1CCC(CN2CCC(O)(CCCc3ccccc3)CC2)C1)S(C)=O. The summed E-state index contributed by atoms with van der Waals surface area (Å²) in [5, 5.41) is 10.9. The molecule has 4 nitrogen and oxygen atoms in total. The smallest absolute Gasteiger partial charge is 0.0910 e. The van der Waals surface area contributed by atoms with Crippen molar-refractivity contribution in [3.05, 3.63) is 35.9 Å². The molecule has 1 saturated heterocycles. The van der Waals surface area contributed by atoms with Gasteiger partial charge in [0.25, 0.3) is 0 Å². The first-order valence-corrected chi connectivity index (χ1v) is 12.0. The second-order valence-electron chi connectivity index (χ2n) is 8.67. The summed E-state index contributed by atoms with van der Waals surface area (Å²) < 4.78 is 13.7. The van der Waals surface area contributed by atoms with Crippen LogP contribution in [0, 0.1) is 5.92 Å². The van der Waals surface area contributed by atoms with Crippen molar-refractivity contribution in [2.45, 2.75) is 63.0 Å². The molecule has 0 spiro atoms. The van der Waals surface area contributed by atoms with Crippen LogP contribution in [0.4, 0.5) is 0 Å². The van der Waals surface area contributed by atoms with E-state index in [1.165, 1.54) is 12.0 Å². The van der Waals surface area contributed by atoms with Crippen molar-refractivity contribution in [1.82, 2.24) is 9.21 Å². The molecular formula is C22H36N2O2S. The van der Waals surface area contributed by atoms with Crippen LogP contribution in [0.15, 0.2) is 30.3 Å². The van der Waals surface area contributed by atoms with Crippen LogP contribution in [0.1, 0.15) is 50.5 Å². The van der Waals surface area contributed by atoms with Gasteiger partial charge >= 0.3 is 0 Å². The Morgan fingerprint density at radius 1 is 1.22 bits per heavy atom. The van der Waals surface area contributed by atoms with Gasteiger partial charge in [0.2, 0.25) is 0 Å². The lowest BCUT2D eigenvalue weighted by atomic mass is 9.85. The van der Waals surface area contributed by atoms with Gasteiger partial charge in [-0.3, -0.25) is 0 Å². The van der Waals surface area contributed by atoms with Crippen molar-refractivity contribution < 1.29 is 9.32 Å². The summed E-state index contributed by atoms with van der Waals surface area (Å²) in [6.07, 6.45) is 10.2. The summed E-state index contributed by atoms with van der Waals surface area (Å²) >= 11 is 0. The van der Waals surface area contributed by atoms with E-state index in [1.807, 2.05) is 11.4 Å². The minimum absolute atomic E-state index is 0.469. The Balaban J connectivity index is 1.36. The first kappa shape index (κ1) is 21.0. The van der Waals surface area contributed by atoms with E-state index in [-0.39, 0.29) is 0 Å². The molecule has 1 aromatic rings. The summed E-state index contributed by atoms with van der Waals surface area (Å²) in [6, 6.07) is 11.1. The van der Waals surface area contributed by atoms with Gasteiger partial charge in [-0.2, -0.15) is 0 Å². The molecule has 5 heteroatoms. The lowest BCUT2D eigenvalue weighted by Crippen LogP contribution is -2.45. The molecule has 1 saturated carbocycles. The summed E-state index contributed by atoms with van der Waals surface area (Å²) in [6.45, 7) is 3.16. The lowest BCUT2D eigenvalue weighted by Gasteiger charge is -2.39. The van der Waals surface area contributed by atoms with Gasteiger partial charge in [0, 0.05) is 39.0 Å². The number of aryl methyl sites for hydroxylation is 1. The van der Waals surface area contributed by atoms with E-state index in [0.29, 0.717) is 12.0 Å². The van der Waals surface area contributed by atoms with Gasteiger partial charge in [-0.05, 0) is 62.8 Å². The summed E-state index contributed by atoms with van der Waals surface area (Å²) in [5.74, 6) is 0.713. The Morgan fingerprint density at radius 3 is 2.59 bits per heavy atom. The standard InChI is InChI=1S/C22H36N2O2S/c1-23(27(2)26)21-11-10-20(17-21)18-24-15-13-22(25,14-16-24)12-6-9-19-7-4-3-5-8-19/h3-5,7-8,20-21,25H,6,9-18H2,1-2H3. The molecule has 2 fully saturated rings. The predicted octanol–water partition coefficient (Wildman–Crippen LogP) is 3.23. The van der Waals surface area contributed by atoms with Crippen LogP contribution in [0.25, 0.3) is 0 Å². The lowest BCUT2D eigenvalue weighted by molar-refractivity contribution is -0.0314. The molecule has 0 amide bonds. The van der Waals surface area contributed by atoms with Crippen molar-refractivity contribution in [3.8, 4) is 0 Å². The molecule has 2 aliphatic rings. The highest BCUT2D eigenvalue weighted by Crippen LogP contribution is 2.32. The predicted molar refractivity (Wildman–Crippen MR) is 113 cm³/mol. The first-order chi connectivity index (χ1) is 13.0. The Hall–Kier alpha value is -0.750. The average molecular weight is 393 g/mol. The maximum atomic E-state index is 11.7. The third-order valence-corrected chi connectivity index (χ3v) is 7.80. The first-order valence-electron chi connectivity index (χ1n) is 10.5. The molecule has 1 N–H and O–H groups in total. The van der Waals surface area contributed by atoms with Crippen LogP contribution in [0.3, 0.4) is 0 Å². The molecule has 0 radical (unpaired) electrons. The molecule has 1 aliphatic carbocycles. The molecule has 3 atom stereocenters. The topological polar surface area (TPSA) is 43.8 Å². The molecule has 0 bridgehead atoms. The van der Waals surface area contributed by atoms with E-state index >= 15 is 0 Å². The van der Waals surface area contributed by atoms with Gasteiger partial charge < -0.3 is 10.0 Å². The fourth-order valence-corrected chi connectivity index (χ4v) is 5.40. The zero-order chi connectivity index (χ0) is 19.3. The van der Waals surface area contributed by atoms with Gasteiger partial charge in [-0.25, -0.2) is 8.51 Å². The zero-order valence-electron chi connectivity index (χ0n) is 17.0. The highest BCUT2D eigenvalue weighted by Gasteiger charge is 2.34. The fourth-order valence-electron chi connectivity index (χ4n) is 4.79. The largest absolute Gasteiger partial charge is 0.390 e. The van der Waals surface area contributed by atoms with E-state index < -0.39 is 16.6 Å². The van der Waals surface area contributed by atoms with Crippen LogP contribution in [0.5, 0.6) is 0 Å². The van der Waals surface area contributed by atoms with E-state index in [9.17, 15) is 9.32 Å². The molecule has 0 aromatic heterocycles. The van der Waals surface area contributed by atoms with Crippen molar-refractivity contribution in [2.75, 3.05) is 32.9 Å². The van der Waals surface area contributed by atoms with Gasteiger partial charge in [0.15, 0.2) is 0 Å². The summed E-state index contributed by atoms with van der Waals surface area (Å²) in [5.41, 5.74) is 0.898. The monoisotopic (exact) mass is 392 g/mol. The average Bonchev–Trinajstić information content (AvgIpc) is 3.12. The molecule has 3 rings (SSSR count). The number of benzene rings is 1. The Bertz CT molecular complexity index is 602. The number of piperidine rings is 1. The van der Waals surface area contributed by atoms with Crippen molar-refractivity contribution >= 4 is 11.0 Å². The number of hydrogen-bond donors (Lipinski definition) is 1. The van der Waals surface area contributed by atoms with E-state index in [4.69, 9.17) is 0 Å². The molecule has 3 unspecified atom stereocenters. The quantitative estimate of drug-likeness (QED) is 0.739. The van der Waals surface area contributed by atoms with Crippen LogP contribution in [-0.2, 0) is 17.4 Å². The minimum Gasteiger partial charge on any atom is -0.390 e. The molecule has 152 valence electrons. The highest BCUT2D eigenvalue weighted by molar-refractivity contribution is 7.81. The van der Waals surface area contributed by atoms with E-state index in [2.05, 4.69) is 35.2 Å². The number of aliphatic hydroxyl groups is 1. The van der Waals surface area contributed by atoms with Gasteiger partial charge in [0.05, 0.1) is 16.6 Å². The zero-order valence-corrected chi connectivity index (χ0v) is 17.8. The third-order valence-electron chi connectivity index (χ3n) is 6.69. The number of likely N-dealkylation sites (tertiary alicyclic amines) is 1. The van der Waals surface area contributed by atoms with Crippen molar-refractivity contribution in [1.29, 1.82) is 0 Å². The van der Waals surface area contributed by atoms with E-state index in [1.54, 1.807) is 6.26 Å². The maximum absolute atomic E-state index is 11.7. The van der Waals surface area contributed by atoms with Crippen LogP contribution >= 0.6 is 0 Å². The summed E-state index contributed by atoms with van der Waals surface area (Å²) in [4.78, 5) is 2.54. The second kappa shape index (κ2) is 9.64. The van der Waals surface area contributed by atoms with E-state index in [0.717, 1.165) is 64.6 Å². The normalized spacial score (nSPS) is 27.1. The van der Waals surface area contributed by atoms with Gasteiger partial charge in [-0.15, -0.1) is 0 Å². The third kappa shape index (κ3) is 6.11. The van der Waals surface area contributed by atoms with Crippen molar-refractivity contribution in [3.63, 3.8) is 0 Å². The molecule has 1 heterocycles. The van der Waals surface area contributed by atoms with Crippen LogP contribution in [0.2, 0.25) is 0 Å².